The van der Waals surface area contributed by atoms with Gasteiger partial charge in [0.1, 0.15) is 0 Å². The van der Waals surface area contributed by atoms with Crippen LogP contribution in [0.2, 0.25) is 15.1 Å². The molecule has 0 fully saturated rings. The molecule has 0 heterocycles. The van der Waals surface area contributed by atoms with Crippen LogP contribution in [0, 0.1) is 0 Å². The maximum absolute atomic E-state index is 9.64. The van der Waals surface area contributed by atoms with Crippen molar-refractivity contribution in [3.05, 3.63) is 51.0 Å². The maximum atomic E-state index is 9.64. The lowest BCUT2D eigenvalue weighted by Crippen LogP contribution is -1.95. The summed E-state index contributed by atoms with van der Waals surface area (Å²) in [4.78, 5) is 0. The van der Waals surface area contributed by atoms with Crippen LogP contribution in [0.1, 0.15) is 12.5 Å². The van der Waals surface area contributed by atoms with Crippen molar-refractivity contribution < 1.29 is 9.84 Å². The molecule has 2 rings (SSSR count). The zero-order valence-electron chi connectivity index (χ0n) is 11.6. The van der Waals surface area contributed by atoms with Gasteiger partial charge in [-0.3, -0.25) is 5.43 Å². The lowest BCUT2D eigenvalue weighted by Gasteiger charge is -2.07. The van der Waals surface area contributed by atoms with E-state index < -0.39 is 0 Å². The highest BCUT2D eigenvalue weighted by molar-refractivity contribution is 6.41. The Hall–Kier alpha value is -1.62. The van der Waals surface area contributed by atoms with Crippen molar-refractivity contribution in [3.8, 4) is 11.5 Å². The van der Waals surface area contributed by atoms with Crippen molar-refractivity contribution in [1.82, 2.24) is 0 Å². The molecule has 22 heavy (non-hydrogen) atoms. The van der Waals surface area contributed by atoms with Gasteiger partial charge in [0.15, 0.2) is 11.5 Å². The molecule has 0 aromatic heterocycles. The number of hydrogen-bond donors (Lipinski definition) is 2. The van der Waals surface area contributed by atoms with Crippen LogP contribution in [-0.4, -0.2) is 17.9 Å². The minimum Gasteiger partial charge on any atom is -0.504 e. The normalized spacial score (nSPS) is 10.9. The minimum atomic E-state index is 0.0794. The molecule has 2 N–H and O–H groups in total. The number of phenolic OH excluding ortho intramolecular Hbond substituents is 1. The van der Waals surface area contributed by atoms with Crippen molar-refractivity contribution in [1.29, 1.82) is 0 Å². The first-order valence-electron chi connectivity index (χ1n) is 6.40. The van der Waals surface area contributed by atoms with E-state index in [4.69, 9.17) is 39.5 Å². The summed E-state index contributed by atoms with van der Waals surface area (Å²) in [6, 6.07) is 8.05. The van der Waals surface area contributed by atoms with Crippen molar-refractivity contribution in [2.45, 2.75) is 6.92 Å². The first kappa shape index (κ1) is 16.7. The summed E-state index contributed by atoms with van der Waals surface area (Å²) in [7, 11) is 0. The highest BCUT2D eigenvalue weighted by Crippen LogP contribution is 2.33. The van der Waals surface area contributed by atoms with Crippen LogP contribution in [0.5, 0.6) is 11.5 Å². The highest BCUT2D eigenvalue weighted by Gasteiger charge is 2.07. The first-order valence-corrected chi connectivity index (χ1v) is 7.54. The maximum Gasteiger partial charge on any atom is 0.161 e. The fourth-order valence-electron chi connectivity index (χ4n) is 1.70. The van der Waals surface area contributed by atoms with Crippen molar-refractivity contribution in [3.63, 3.8) is 0 Å². The number of nitrogens with zero attached hydrogens (tertiary/aromatic N) is 1. The van der Waals surface area contributed by atoms with E-state index in [0.29, 0.717) is 33.1 Å². The van der Waals surface area contributed by atoms with Crippen LogP contribution in [0.3, 0.4) is 0 Å². The summed E-state index contributed by atoms with van der Waals surface area (Å²) >= 11 is 17.9. The topological polar surface area (TPSA) is 53.8 Å². The van der Waals surface area contributed by atoms with E-state index >= 15 is 0 Å². The summed E-state index contributed by atoms with van der Waals surface area (Å²) in [6.07, 6.45) is 1.56. The second-order valence-electron chi connectivity index (χ2n) is 4.27. The Morgan fingerprint density at radius 2 is 1.86 bits per heavy atom. The molecule has 0 aliphatic rings. The third-order valence-corrected chi connectivity index (χ3v) is 3.49. The zero-order chi connectivity index (χ0) is 16.1. The molecule has 0 radical (unpaired) electrons. The van der Waals surface area contributed by atoms with E-state index in [1.165, 1.54) is 6.07 Å². The van der Waals surface area contributed by atoms with Crippen LogP contribution in [-0.2, 0) is 0 Å². The molecule has 0 saturated carbocycles. The molecular weight excluding hydrogens is 347 g/mol. The van der Waals surface area contributed by atoms with Crippen LogP contribution in [0.4, 0.5) is 5.69 Å². The lowest BCUT2D eigenvalue weighted by molar-refractivity contribution is 0.318. The van der Waals surface area contributed by atoms with Gasteiger partial charge in [-0.1, -0.05) is 34.8 Å². The second kappa shape index (κ2) is 7.58. The van der Waals surface area contributed by atoms with Gasteiger partial charge in [0, 0.05) is 5.02 Å². The molecular formula is C15H13Cl3N2O2. The predicted molar refractivity (Wildman–Crippen MR) is 92.0 cm³/mol. The van der Waals surface area contributed by atoms with E-state index in [2.05, 4.69) is 10.5 Å². The van der Waals surface area contributed by atoms with Crippen LogP contribution in [0.25, 0.3) is 0 Å². The van der Waals surface area contributed by atoms with Crippen molar-refractivity contribution >= 4 is 46.7 Å². The van der Waals surface area contributed by atoms with Crippen LogP contribution in [0.15, 0.2) is 35.4 Å². The van der Waals surface area contributed by atoms with Gasteiger partial charge in [0.25, 0.3) is 0 Å². The smallest absolute Gasteiger partial charge is 0.161 e. The molecule has 0 aliphatic heterocycles. The first-order chi connectivity index (χ1) is 10.5. The predicted octanol–water partition coefficient (Wildman–Crippen LogP) is 5.20. The Kier molecular flexibility index (Phi) is 5.77. The number of phenols is 1. The number of halogens is 3. The molecule has 0 bridgehead atoms. The molecule has 4 nitrogen and oxygen atoms in total. The highest BCUT2D eigenvalue weighted by atomic mass is 35.5. The molecule has 2 aromatic carbocycles. The van der Waals surface area contributed by atoms with Gasteiger partial charge in [0.05, 0.1) is 28.6 Å². The average Bonchev–Trinajstić information content (AvgIpc) is 2.45. The third kappa shape index (κ3) is 4.19. The van der Waals surface area contributed by atoms with Crippen LogP contribution >= 0.6 is 34.8 Å². The molecule has 116 valence electrons. The van der Waals surface area contributed by atoms with Gasteiger partial charge in [0.2, 0.25) is 0 Å². The summed E-state index contributed by atoms with van der Waals surface area (Å²) in [5.74, 6) is 0.477. The molecule has 0 spiro atoms. The molecule has 0 aliphatic carbocycles. The Balaban J connectivity index is 2.15. The number of nitrogens with one attached hydrogen (secondary N) is 1. The standard InChI is InChI=1S/C15H13Cl3N2O2/c1-2-22-14-5-9(3-4-13(14)21)8-19-20-15-11(17)6-10(16)7-12(15)18/h3-8,20-21H,2H2,1H3. The molecule has 0 atom stereocenters. The van der Waals surface area contributed by atoms with E-state index in [1.54, 1.807) is 30.5 Å². The minimum absolute atomic E-state index is 0.0794. The van der Waals surface area contributed by atoms with E-state index in [-0.39, 0.29) is 5.75 Å². The molecule has 0 amide bonds. The summed E-state index contributed by atoms with van der Waals surface area (Å²) in [5, 5.41) is 14.9. The van der Waals surface area contributed by atoms with Gasteiger partial charge in [-0.25, -0.2) is 0 Å². The van der Waals surface area contributed by atoms with Gasteiger partial charge in [-0.15, -0.1) is 0 Å². The lowest BCUT2D eigenvalue weighted by atomic mass is 10.2. The Bertz CT molecular complexity index is 682. The molecule has 0 saturated heterocycles. The Morgan fingerprint density at radius 3 is 2.50 bits per heavy atom. The third-order valence-electron chi connectivity index (χ3n) is 2.68. The van der Waals surface area contributed by atoms with Gasteiger partial charge in [-0.05, 0) is 42.8 Å². The Morgan fingerprint density at radius 1 is 1.18 bits per heavy atom. The van der Waals surface area contributed by atoms with E-state index in [1.807, 2.05) is 6.92 Å². The van der Waals surface area contributed by atoms with Gasteiger partial charge >= 0.3 is 0 Å². The summed E-state index contributed by atoms with van der Waals surface area (Å²) in [5.41, 5.74) is 3.98. The molecule has 7 heteroatoms. The van der Waals surface area contributed by atoms with Crippen molar-refractivity contribution in [2.75, 3.05) is 12.0 Å². The molecule has 0 unspecified atom stereocenters. The largest absolute Gasteiger partial charge is 0.504 e. The van der Waals surface area contributed by atoms with Gasteiger partial charge < -0.3 is 9.84 Å². The summed E-state index contributed by atoms with van der Waals surface area (Å²) in [6.45, 7) is 2.30. The quantitative estimate of drug-likeness (QED) is 0.570. The van der Waals surface area contributed by atoms with Crippen molar-refractivity contribution in [2.24, 2.45) is 5.10 Å². The number of benzene rings is 2. The van der Waals surface area contributed by atoms with Crippen LogP contribution < -0.4 is 10.2 Å². The molecule has 2 aromatic rings. The zero-order valence-corrected chi connectivity index (χ0v) is 13.9. The average molecular weight is 360 g/mol. The number of anilines is 1. The van der Waals surface area contributed by atoms with E-state index in [0.717, 1.165) is 5.56 Å². The SMILES string of the molecule is CCOc1cc(C=NNc2c(Cl)cc(Cl)cc2Cl)ccc1O. The number of rotatable bonds is 5. The number of hydrogen-bond acceptors (Lipinski definition) is 4. The van der Waals surface area contributed by atoms with Gasteiger partial charge in [-0.2, -0.15) is 5.10 Å². The Labute approximate surface area is 143 Å². The van der Waals surface area contributed by atoms with E-state index in [9.17, 15) is 5.11 Å². The number of hydrazone groups is 1. The monoisotopic (exact) mass is 358 g/mol. The fourth-order valence-corrected chi connectivity index (χ4v) is 2.60. The number of ether oxygens (including phenoxy) is 1. The summed E-state index contributed by atoms with van der Waals surface area (Å²) < 4.78 is 5.30. The fraction of sp³-hybridized carbons (Fsp3) is 0.133. The second-order valence-corrected chi connectivity index (χ2v) is 5.53. The number of aromatic hydroxyl groups is 1.